The Bertz CT molecular complexity index is 656. The van der Waals surface area contributed by atoms with E-state index in [0.717, 1.165) is 22.3 Å². The second-order valence-corrected chi connectivity index (χ2v) is 5.10. The van der Waals surface area contributed by atoms with Crippen LogP contribution in [0, 0.1) is 13.8 Å². The number of hydrogen-bond acceptors (Lipinski definition) is 2. The number of ketones is 1. The Balaban J connectivity index is 1.97. The summed E-state index contributed by atoms with van der Waals surface area (Å²) in [6, 6.07) is 11.7. The fourth-order valence-electron chi connectivity index (χ4n) is 2.36. The molecule has 0 spiro atoms. The molecule has 1 aliphatic heterocycles. The first-order valence-corrected chi connectivity index (χ1v) is 6.46. The quantitative estimate of drug-likeness (QED) is 0.764. The zero-order valence-corrected chi connectivity index (χ0v) is 11.2. The van der Waals surface area contributed by atoms with Gasteiger partial charge in [0.25, 0.3) is 0 Å². The predicted octanol–water partition coefficient (Wildman–Crippen LogP) is 3.56. The minimum Gasteiger partial charge on any atom is -0.372 e. The van der Waals surface area contributed by atoms with E-state index in [1.807, 2.05) is 43.3 Å². The van der Waals surface area contributed by atoms with Gasteiger partial charge in [0, 0.05) is 11.1 Å². The number of aryl methyl sites for hydroxylation is 2. The highest BCUT2D eigenvalue weighted by atomic mass is 16.5. The van der Waals surface area contributed by atoms with Crippen molar-refractivity contribution in [2.75, 3.05) is 0 Å². The average Bonchev–Trinajstić information content (AvgIpc) is 2.88. The van der Waals surface area contributed by atoms with Gasteiger partial charge in [0.05, 0.1) is 13.2 Å². The van der Waals surface area contributed by atoms with Crippen molar-refractivity contribution >= 4 is 5.78 Å². The molecule has 2 heteroatoms. The van der Waals surface area contributed by atoms with Gasteiger partial charge in [0.1, 0.15) is 0 Å². The molecule has 3 rings (SSSR count). The number of carbonyl (C=O) groups is 1. The SMILES string of the molecule is Cc1ccc(C(=O)c2ccc3c(c2)COC3)cc1C. The number of hydrogen-bond donors (Lipinski definition) is 0. The fourth-order valence-corrected chi connectivity index (χ4v) is 2.36. The smallest absolute Gasteiger partial charge is 0.193 e. The van der Waals surface area contributed by atoms with Gasteiger partial charge in [-0.05, 0) is 48.2 Å². The third kappa shape index (κ3) is 2.20. The van der Waals surface area contributed by atoms with Crippen LogP contribution in [0.15, 0.2) is 36.4 Å². The highest BCUT2D eigenvalue weighted by Gasteiger charge is 2.15. The topological polar surface area (TPSA) is 26.3 Å². The lowest BCUT2D eigenvalue weighted by Gasteiger charge is -2.06. The first-order valence-electron chi connectivity index (χ1n) is 6.46. The van der Waals surface area contributed by atoms with Crippen LogP contribution in [0.2, 0.25) is 0 Å². The van der Waals surface area contributed by atoms with Gasteiger partial charge in [0.15, 0.2) is 5.78 Å². The Labute approximate surface area is 113 Å². The van der Waals surface area contributed by atoms with E-state index in [9.17, 15) is 4.79 Å². The molecule has 0 unspecified atom stereocenters. The standard InChI is InChI=1S/C17H16O2/c1-11-3-4-13(7-12(11)2)17(18)14-5-6-15-9-19-10-16(15)8-14/h3-8H,9-10H2,1-2H3. The van der Waals surface area contributed by atoms with Crippen LogP contribution in [0.3, 0.4) is 0 Å². The number of carbonyl (C=O) groups excluding carboxylic acids is 1. The second-order valence-electron chi connectivity index (χ2n) is 5.10. The lowest BCUT2D eigenvalue weighted by Crippen LogP contribution is -2.03. The predicted molar refractivity (Wildman–Crippen MR) is 74.3 cm³/mol. The van der Waals surface area contributed by atoms with E-state index < -0.39 is 0 Å². The summed E-state index contributed by atoms with van der Waals surface area (Å²) in [5, 5.41) is 0. The van der Waals surface area contributed by atoms with Crippen LogP contribution in [-0.4, -0.2) is 5.78 Å². The first kappa shape index (κ1) is 12.1. The van der Waals surface area contributed by atoms with Gasteiger partial charge in [-0.25, -0.2) is 0 Å². The molecule has 0 bridgehead atoms. The highest BCUT2D eigenvalue weighted by molar-refractivity contribution is 6.09. The Morgan fingerprint density at radius 2 is 1.58 bits per heavy atom. The summed E-state index contributed by atoms with van der Waals surface area (Å²) in [5.74, 6) is 0.0813. The molecule has 96 valence electrons. The molecule has 2 aromatic carbocycles. The van der Waals surface area contributed by atoms with Gasteiger partial charge in [-0.15, -0.1) is 0 Å². The largest absolute Gasteiger partial charge is 0.372 e. The van der Waals surface area contributed by atoms with Gasteiger partial charge in [-0.3, -0.25) is 4.79 Å². The van der Waals surface area contributed by atoms with Crippen molar-refractivity contribution in [2.24, 2.45) is 0 Å². The summed E-state index contributed by atoms with van der Waals surface area (Å²) in [7, 11) is 0. The van der Waals surface area contributed by atoms with E-state index in [2.05, 4.69) is 6.92 Å². The van der Waals surface area contributed by atoms with Crippen LogP contribution in [0.5, 0.6) is 0 Å². The molecule has 0 saturated carbocycles. The second kappa shape index (κ2) is 4.63. The van der Waals surface area contributed by atoms with Crippen molar-refractivity contribution in [3.63, 3.8) is 0 Å². The molecule has 0 N–H and O–H groups in total. The lowest BCUT2D eigenvalue weighted by molar-refractivity contribution is 0.103. The van der Waals surface area contributed by atoms with Gasteiger partial charge >= 0.3 is 0 Å². The maximum Gasteiger partial charge on any atom is 0.193 e. The molecule has 0 radical (unpaired) electrons. The van der Waals surface area contributed by atoms with Crippen molar-refractivity contribution in [2.45, 2.75) is 27.1 Å². The first-order chi connectivity index (χ1) is 9.15. The van der Waals surface area contributed by atoms with Gasteiger partial charge in [-0.1, -0.05) is 24.3 Å². The minimum atomic E-state index is 0.0813. The van der Waals surface area contributed by atoms with Crippen molar-refractivity contribution in [1.29, 1.82) is 0 Å². The third-order valence-electron chi connectivity index (χ3n) is 3.75. The molecule has 0 fully saturated rings. The van der Waals surface area contributed by atoms with Gasteiger partial charge < -0.3 is 4.74 Å². The van der Waals surface area contributed by atoms with Crippen molar-refractivity contribution < 1.29 is 9.53 Å². The lowest BCUT2D eigenvalue weighted by atomic mass is 9.97. The summed E-state index contributed by atoms with van der Waals surface area (Å²) >= 11 is 0. The number of ether oxygens (including phenoxy) is 1. The normalized spacial score (nSPS) is 13.4. The van der Waals surface area contributed by atoms with Crippen LogP contribution in [-0.2, 0) is 18.0 Å². The summed E-state index contributed by atoms with van der Waals surface area (Å²) in [4.78, 5) is 12.5. The van der Waals surface area contributed by atoms with Crippen LogP contribution in [0.1, 0.15) is 38.2 Å². The van der Waals surface area contributed by atoms with Crippen molar-refractivity contribution in [3.8, 4) is 0 Å². The van der Waals surface area contributed by atoms with E-state index in [1.54, 1.807) is 0 Å². The number of fused-ring (bicyclic) bond motifs is 1. The Hall–Kier alpha value is -1.93. The molecule has 0 aromatic heterocycles. The molecule has 2 aromatic rings. The molecule has 0 saturated heterocycles. The molecule has 0 aliphatic carbocycles. The zero-order valence-electron chi connectivity index (χ0n) is 11.2. The number of rotatable bonds is 2. The third-order valence-corrected chi connectivity index (χ3v) is 3.75. The van der Waals surface area contributed by atoms with E-state index in [4.69, 9.17) is 4.74 Å². The molecule has 2 nitrogen and oxygen atoms in total. The zero-order chi connectivity index (χ0) is 13.4. The highest BCUT2D eigenvalue weighted by Crippen LogP contribution is 2.22. The van der Waals surface area contributed by atoms with Crippen LogP contribution in [0.4, 0.5) is 0 Å². The Morgan fingerprint density at radius 1 is 0.895 bits per heavy atom. The Morgan fingerprint density at radius 3 is 2.37 bits per heavy atom. The van der Waals surface area contributed by atoms with Crippen molar-refractivity contribution in [3.05, 3.63) is 69.8 Å². The molecule has 1 aliphatic rings. The van der Waals surface area contributed by atoms with E-state index in [-0.39, 0.29) is 5.78 Å². The van der Waals surface area contributed by atoms with Gasteiger partial charge in [-0.2, -0.15) is 0 Å². The van der Waals surface area contributed by atoms with Crippen LogP contribution in [0.25, 0.3) is 0 Å². The average molecular weight is 252 g/mol. The van der Waals surface area contributed by atoms with Crippen LogP contribution < -0.4 is 0 Å². The molecular weight excluding hydrogens is 236 g/mol. The van der Waals surface area contributed by atoms with E-state index >= 15 is 0 Å². The van der Waals surface area contributed by atoms with E-state index in [0.29, 0.717) is 13.2 Å². The maximum absolute atomic E-state index is 12.5. The summed E-state index contributed by atoms with van der Waals surface area (Å²) < 4.78 is 5.38. The Kier molecular flexibility index (Phi) is 2.96. The molecule has 0 amide bonds. The molecule has 0 atom stereocenters. The monoisotopic (exact) mass is 252 g/mol. The van der Waals surface area contributed by atoms with Gasteiger partial charge in [0.2, 0.25) is 0 Å². The van der Waals surface area contributed by atoms with Crippen molar-refractivity contribution in [1.82, 2.24) is 0 Å². The summed E-state index contributed by atoms with van der Waals surface area (Å²) in [5.41, 5.74) is 6.18. The fraction of sp³-hybridized carbons (Fsp3) is 0.235. The molecule has 19 heavy (non-hydrogen) atoms. The summed E-state index contributed by atoms with van der Waals surface area (Å²) in [6.07, 6.45) is 0. The molecule has 1 heterocycles. The summed E-state index contributed by atoms with van der Waals surface area (Å²) in [6.45, 7) is 5.36. The number of benzene rings is 2. The van der Waals surface area contributed by atoms with E-state index in [1.165, 1.54) is 11.1 Å². The molecular formula is C17H16O2. The van der Waals surface area contributed by atoms with Crippen LogP contribution >= 0.6 is 0 Å². The minimum absolute atomic E-state index is 0.0813. The maximum atomic E-state index is 12.5.